The van der Waals surface area contributed by atoms with Crippen molar-refractivity contribution in [3.8, 4) is 5.75 Å². The van der Waals surface area contributed by atoms with Crippen molar-refractivity contribution in [3.63, 3.8) is 0 Å². The molecule has 0 saturated carbocycles. The summed E-state index contributed by atoms with van der Waals surface area (Å²) < 4.78 is 32.9. The van der Waals surface area contributed by atoms with Gasteiger partial charge in [0.25, 0.3) is 0 Å². The van der Waals surface area contributed by atoms with Gasteiger partial charge in [-0.15, -0.1) is 0 Å². The van der Waals surface area contributed by atoms with Crippen molar-refractivity contribution in [3.05, 3.63) is 65.7 Å². The zero-order valence-electron chi connectivity index (χ0n) is 14.7. The van der Waals surface area contributed by atoms with Crippen LogP contribution in [-0.2, 0) is 19.6 Å². The second kappa shape index (κ2) is 7.47. The Bertz CT molecular complexity index is 865. The van der Waals surface area contributed by atoms with Crippen LogP contribution in [0.3, 0.4) is 0 Å². The molecule has 0 radical (unpaired) electrons. The van der Waals surface area contributed by atoms with Crippen molar-refractivity contribution < 1.29 is 22.1 Å². The van der Waals surface area contributed by atoms with Crippen molar-refractivity contribution in [1.82, 2.24) is 4.90 Å². The lowest BCUT2D eigenvalue weighted by Crippen LogP contribution is -2.44. The number of hydrogen-bond donors (Lipinski definition) is 0. The van der Waals surface area contributed by atoms with Crippen LogP contribution in [0.2, 0.25) is 0 Å². The Labute approximate surface area is 153 Å². The minimum Gasteiger partial charge on any atom is -0.383 e. The third kappa shape index (κ3) is 4.42. The summed E-state index contributed by atoms with van der Waals surface area (Å²) in [4.78, 5) is 14.1. The molecule has 1 saturated heterocycles. The van der Waals surface area contributed by atoms with Gasteiger partial charge in [-0.05, 0) is 30.2 Å². The Morgan fingerprint density at radius 1 is 1.12 bits per heavy atom. The normalized spacial score (nSPS) is 19.2. The second-order valence-electron chi connectivity index (χ2n) is 6.29. The van der Waals surface area contributed by atoms with Gasteiger partial charge >= 0.3 is 10.1 Å². The number of rotatable bonds is 5. The van der Waals surface area contributed by atoms with E-state index >= 15 is 0 Å². The summed E-state index contributed by atoms with van der Waals surface area (Å²) in [6, 6.07) is 16.5. The van der Waals surface area contributed by atoms with Crippen LogP contribution in [0.1, 0.15) is 30.2 Å². The molecular weight excluding hydrogens is 354 g/mol. The van der Waals surface area contributed by atoms with Crippen molar-refractivity contribution in [2.24, 2.45) is 0 Å². The standard InChI is InChI=1S/C19H21NO5S/c1-14(15-6-4-3-5-7-15)20-12-18(24-13-19(20)21)16-8-10-17(11-9-16)25-26(2,22)23/h3-11,14,18H,12-13H2,1-2H3/t14-,18-/m0/s1. The summed E-state index contributed by atoms with van der Waals surface area (Å²) in [5.41, 5.74) is 1.93. The molecule has 2 atom stereocenters. The fraction of sp³-hybridized carbons (Fsp3) is 0.316. The highest BCUT2D eigenvalue weighted by atomic mass is 32.2. The van der Waals surface area contributed by atoms with E-state index in [9.17, 15) is 13.2 Å². The monoisotopic (exact) mass is 375 g/mol. The molecule has 1 aliphatic heterocycles. The number of carbonyl (C=O) groups is 1. The largest absolute Gasteiger partial charge is 0.383 e. The minimum atomic E-state index is -3.56. The molecule has 1 aliphatic rings. The van der Waals surface area contributed by atoms with Crippen LogP contribution in [0, 0.1) is 0 Å². The highest BCUT2D eigenvalue weighted by Crippen LogP contribution is 2.30. The average molecular weight is 375 g/mol. The van der Waals surface area contributed by atoms with E-state index < -0.39 is 10.1 Å². The lowest BCUT2D eigenvalue weighted by molar-refractivity contribution is -0.152. The van der Waals surface area contributed by atoms with Crippen LogP contribution < -0.4 is 4.18 Å². The number of hydrogen-bond acceptors (Lipinski definition) is 5. The Hall–Kier alpha value is -2.38. The van der Waals surface area contributed by atoms with Gasteiger partial charge < -0.3 is 13.8 Å². The Balaban J connectivity index is 1.74. The molecule has 1 amide bonds. The van der Waals surface area contributed by atoms with E-state index in [0.717, 1.165) is 17.4 Å². The van der Waals surface area contributed by atoms with E-state index in [0.29, 0.717) is 6.54 Å². The second-order valence-corrected chi connectivity index (χ2v) is 7.86. The molecule has 7 heteroatoms. The van der Waals surface area contributed by atoms with Crippen molar-refractivity contribution in [2.45, 2.75) is 19.1 Å². The molecule has 3 rings (SSSR count). The van der Waals surface area contributed by atoms with Crippen molar-refractivity contribution in [2.75, 3.05) is 19.4 Å². The van der Waals surface area contributed by atoms with Gasteiger partial charge in [0, 0.05) is 0 Å². The van der Waals surface area contributed by atoms with E-state index in [1.165, 1.54) is 0 Å². The molecule has 138 valence electrons. The first-order chi connectivity index (χ1) is 12.3. The summed E-state index contributed by atoms with van der Waals surface area (Å²) in [6.45, 7) is 2.45. The SMILES string of the molecule is C[C@@H](c1ccccc1)N1C[C@@H](c2ccc(OS(C)(=O)=O)cc2)OCC1=O. The molecule has 0 spiro atoms. The van der Waals surface area contributed by atoms with Crippen molar-refractivity contribution >= 4 is 16.0 Å². The Morgan fingerprint density at radius 3 is 2.38 bits per heavy atom. The summed E-state index contributed by atoms with van der Waals surface area (Å²) in [5, 5.41) is 0. The molecule has 6 nitrogen and oxygen atoms in total. The molecule has 26 heavy (non-hydrogen) atoms. The lowest BCUT2D eigenvalue weighted by Gasteiger charge is -2.37. The van der Waals surface area contributed by atoms with Crippen LogP contribution in [0.15, 0.2) is 54.6 Å². The van der Waals surface area contributed by atoms with E-state index in [1.807, 2.05) is 42.2 Å². The number of ether oxygens (including phenoxy) is 1. The van der Waals surface area contributed by atoms with Crippen molar-refractivity contribution in [1.29, 1.82) is 0 Å². The predicted octanol–water partition coefficient (Wildman–Crippen LogP) is 2.69. The maximum atomic E-state index is 12.3. The number of nitrogens with zero attached hydrogens (tertiary/aromatic N) is 1. The van der Waals surface area contributed by atoms with E-state index in [1.54, 1.807) is 24.3 Å². The van der Waals surface area contributed by atoms with E-state index in [2.05, 4.69) is 0 Å². The number of carbonyl (C=O) groups excluding carboxylic acids is 1. The Kier molecular flexibility index (Phi) is 5.29. The summed E-state index contributed by atoms with van der Waals surface area (Å²) >= 11 is 0. The van der Waals surface area contributed by atoms with Crippen LogP contribution in [-0.4, -0.2) is 38.6 Å². The highest BCUT2D eigenvalue weighted by molar-refractivity contribution is 7.86. The maximum absolute atomic E-state index is 12.3. The molecule has 2 aromatic carbocycles. The first kappa shape index (κ1) is 18.4. The van der Waals surface area contributed by atoms with Gasteiger partial charge in [0.05, 0.1) is 18.8 Å². The van der Waals surface area contributed by atoms with Gasteiger partial charge in [-0.25, -0.2) is 0 Å². The van der Waals surface area contributed by atoms with Gasteiger partial charge in [-0.3, -0.25) is 4.79 Å². The van der Waals surface area contributed by atoms with Gasteiger partial charge in [0.1, 0.15) is 18.5 Å². The molecule has 2 aromatic rings. The first-order valence-electron chi connectivity index (χ1n) is 8.29. The molecule has 1 heterocycles. The zero-order valence-corrected chi connectivity index (χ0v) is 15.5. The summed E-state index contributed by atoms with van der Waals surface area (Å²) in [5.74, 6) is 0.201. The van der Waals surface area contributed by atoms with Crippen LogP contribution in [0.25, 0.3) is 0 Å². The molecule has 0 N–H and O–H groups in total. The third-order valence-electron chi connectivity index (χ3n) is 4.34. The number of benzene rings is 2. The van der Waals surface area contributed by atoms with Gasteiger partial charge in [-0.2, -0.15) is 8.42 Å². The van der Waals surface area contributed by atoms with Gasteiger partial charge in [0.15, 0.2) is 0 Å². The van der Waals surface area contributed by atoms with Gasteiger partial charge in [0.2, 0.25) is 5.91 Å². The molecule has 0 bridgehead atoms. The minimum absolute atomic E-state index is 0.0173. The molecule has 0 aromatic heterocycles. The quantitative estimate of drug-likeness (QED) is 0.752. The van der Waals surface area contributed by atoms with E-state index in [-0.39, 0.29) is 30.4 Å². The first-order valence-corrected chi connectivity index (χ1v) is 10.1. The topological polar surface area (TPSA) is 72.9 Å². The van der Waals surface area contributed by atoms with Gasteiger partial charge in [-0.1, -0.05) is 42.5 Å². The smallest absolute Gasteiger partial charge is 0.306 e. The predicted molar refractivity (Wildman–Crippen MR) is 97.2 cm³/mol. The fourth-order valence-electron chi connectivity index (χ4n) is 2.99. The lowest BCUT2D eigenvalue weighted by atomic mass is 10.0. The number of morpholine rings is 1. The van der Waals surface area contributed by atoms with E-state index in [4.69, 9.17) is 8.92 Å². The molecule has 1 fully saturated rings. The maximum Gasteiger partial charge on any atom is 0.306 e. The fourth-order valence-corrected chi connectivity index (χ4v) is 3.45. The third-order valence-corrected chi connectivity index (χ3v) is 4.84. The summed E-state index contributed by atoms with van der Waals surface area (Å²) in [7, 11) is -3.56. The number of amides is 1. The average Bonchev–Trinajstić information content (AvgIpc) is 2.62. The van der Waals surface area contributed by atoms with Crippen LogP contribution in [0.5, 0.6) is 5.75 Å². The zero-order chi connectivity index (χ0) is 18.7. The molecular formula is C19H21NO5S. The van der Waals surface area contributed by atoms with Crippen LogP contribution in [0.4, 0.5) is 0 Å². The summed E-state index contributed by atoms with van der Waals surface area (Å²) in [6.07, 6.45) is 0.728. The highest BCUT2D eigenvalue weighted by Gasteiger charge is 2.31. The Morgan fingerprint density at radius 2 is 1.77 bits per heavy atom. The van der Waals surface area contributed by atoms with Crippen LogP contribution >= 0.6 is 0 Å². The molecule has 0 aliphatic carbocycles. The molecule has 0 unspecified atom stereocenters.